The van der Waals surface area contributed by atoms with Crippen LogP contribution in [-0.4, -0.2) is 22.1 Å². The van der Waals surface area contributed by atoms with Crippen LogP contribution >= 0.6 is 0 Å². The lowest BCUT2D eigenvalue weighted by atomic mass is 9.96. The Bertz CT molecular complexity index is 418. The molecule has 2 atom stereocenters. The van der Waals surface area contributed by atoms with Gasteiger partial charge in [0.05, 0.1) is 11.6 Å². The van der Waals surface area contributed by atoms with Gasteiger partial charge in [-0.3, -0.25) is 9.48 Å². The minimum absolute atomic E-state index is 0.161. The maximum atomic E-state index is 12.1. The number of hydrogen-bond donors (Lipinski definition) is 1. The molecule has 0 aliphatic heterocycles. The van der Waals surface area contributed by atoms with Gasteiger partial charge in [-0.05, 0) is 12.3 Å². The average Bonchev–Trinajstić information content (AvgIpc) is 2.65. The average molecular weight is 229 g/mol. The standard InChI is InChI=1S/C10H13F2N3O/c1-6-2-10(6,9(13)16)7-3-14-15(4-7)5-8(11)12/h3-4,6,8H,2,5H2,1H3,(H2,13,16). The van der Waals surface area contributed by atoms with Crippen molar-refractivity contribution in [3.8, 4) is 0 Å². The van der Waals surface area contributed by atoms with Gasteiger partial charge in [0.2, 0.25) is 5.91 Å². The van der Waals surface area contributed by atoms with E-state index in [-0.39, 0.29) is 5.92 Å². The van der Waals surface area contributed by atoms with Crippen LogP contribution < -0.4 is 5.73 Å². The summed E-state index contributed by atoms with van der Waals surface area (Å²) in [6.45, 7) is 1.46. The zero-order valence-electron chi connectivity index (χ0n) is 8.86. The van der Waals surface area contributed by atoms with Crippen LogP contribution in [0.2, 0.25) is 0 Å². The summed E-state index contributed by atoms with van der Waals surface area (Å²) in [4.78, 5) is 11.4. The molecule has 1 aliphatic rings. The molecule has 1 aliphatic carbocycles. The number of hydrogen-bond acceptors (Lipinski definition) is 2. The van der Waals surface area contributed by atoms with Crippen molar-refractivity contribution < 1.29 is 13.6 Å². The highest BCUT2D eigenvalue weighted by Crippen LogP contribution is 2.53. The fraction of sp³-hybridized carbons (Fsp3) is 0.600. The number of carbonyl (C=O) groups is 1. The van der Waals surface area contributed by atoms with E-state index in [1.54, 1.807) is 0 Å². The Kier molecular flexibility index (Phi) is 2.44. The molecule has 16 heavy (non-hydrogen) atoms. The Labute approximate surface area is 91.4 Å². The first kappa shape index (κ1) is 11.0. The predicted octanol–water partition coefficient (Wildman–Crippen LogP) is 0.911. The van der Waals surface area contributed by atoms with Gasteiger partial charge in [0.15, 0.2) is 0 Å². The molecule has 2 unspecified atom stereocenters. The SMILES string of the molecule is CC1CC1(C(N)=O)c1cnn(CC(F)F)c1. The van der Waals surface area contributed by atoms with Gasteiger partial charge in [-0.25, -0.2) is 8.78 Å². The van der Waals surface area contributed by atoms with Crippen molar-refractivity contribution in [2.75, 3.05) is 0 Å². The van der Waals surface area contributed by atoms with Crippen LogP contribution in [0.1, 0.15) is 18.9 Å². The molecule has 1 aromatic heterocycles. The van der Waals surface area contributed by atoms with Crippen LogP contribution in [0.5, 0.6) is 0 Å². The topological polar surface area (TPSA) is 60.9 Å². The van der Waals surface area contributed by atoms with Crippen LogP contribution in [-0.2, 0) is 16.8 Å². The summed E-state index contributed by atoms with van der Waals surface area (Å²) in [5, 5.41) is 3.81. The minimum atomic E-state index is -2.45. The normalized spacial score (nSPS) is 28.4. The van der Waals surface area contributed by atoms with Gasteiger partial charge in [-0.1, -0.05) is 6.92 Å². The number of alkyl halides is 2. The lowest BCUT2D eigenvalue weighted by Crippen LogP contribution is -2.29. The van der Waals surface area contributed by atoms with Gasteiger partial charge in [0, 0.05) is 11.8 Å². The van der Waals surface area contributed by atoms with Gasteiger partial charge in [-0.15, -0.1) is 0 Å². The highest BCUT2D eigenvalue weighted by molar-refractivity contribution is 5.90. The lowest BCUT2D eigenvalue weighted by Gasteiger charge is -2.08. The molecular formula is C10H13F2N3O. The summed E-state index contributed by atoms with van der Waals surface area (Å²) in [5.74, 6) is -0.245. The number of carbonyl (C=O) groups excluding carboxylic acids is 1. The summed E-state index contributed by atoms with van der Waals surface area (Å²) in [6, 6.07) is 0. The zero-order chi connectivity index (χ0) is 11.9. The third kappa shape index (κ3) is 1.58. The Morgan fingerprint density at radius 2 is 2.44 bits per heavy atom. The van der Waals surface area contributed by atoms with Crippen LogP contribution in [0.3, 0.4) is 0 Å². The van der Waals surface area contributed by atoms with Gasteiger partial charge in [0.25, 0.3) is 6.43 Å². The maximum absolute atomic E-state index is 12.1. The second-order valence-electron chi connectivity index (χ2n) is 4.28. The number of primary amides is 1. The van der Waals surface area contributed by atoms with Crippen LogP contribution in [0, 0.1) is 5.92 Å². The number of rotatable bonds is 4. The summed E-state index contributed by atoms with van der Waals surface area (Å²) in [5.41, 5.74) is 5.31. The second-order valence-corrected chi connectivity index (χ2v) is 4.28. The molecule has 0 radical (unpaired) electrons. The van der Waals surface area contributed by atoms with E-state index in [1.165, 1.54) is 12.4 Å². The van der Waals surface area contributed by atoms with Crippen molar-refractivity contribution in [2.24, 2.45) is 11.7 Å². The summed E-state index contributed by atoms with van der Waals surface area (Å²) < 4.78 is 25.4. The van der Waals surface area contributed by atoms with E-state index in [0.717, 1.165) is 4.68 Å². The van der Waals surface area contributed by atoms with E-state index in [0.29, 0.717) is 12.0 Å². The first-order valence-electron chi connectivity index (χ1n) is 5.08. The minimum Gasteiger partial charge on any atom is -0.369 e. The number of amides is 1. The van der Waals surface area contributed by atoms with Crippen molar-refractivity contribution in [1.29, 1.82) is 0 Å². The zero-order valence-corrected chi connectivity index (χ0v) is 8.86. The molecule has 0 saturated heterocycles. The van der Waals surface area contributed by atoms with E-state index in [1.807, 2.05) is 6.92 Å². The quantitative estimate of drug-likeness (QED) is 0.834. The maximum Gasteiger partial charge on any atom is 0.257 e. The molecule has 6 heteroatoms. The van der Waals surface area contributed by atoms with Crippen molar-refractivity contribution in [3.63, 3.8) is 0 Å². The number of nitrogens with zero attached hydrogens (tertiary/aromatic N) is 2. The molecule has 0 aromatic carbocycles. The smallest absolute Gasteiger partial charge is 0.257 e. The van der Waals surface area contributed by atoms with Crippen molar-refractivity contribution in [3.05, 3.63) is 18.0 Å². The van der Waals surface area contributed by atoms with Crippen LogP contribution in [0.4, 0.5) is 8.78 Å². The number of halogens is 2. The molecule has 1 saturated carbocycles. The molecular weight excluding hydrogens is 216 g/mol. The van der Waals surface area contributed by atoms with Gasteiger partial charge >= 0.3 is 0 Å². The molecule has 88 valence electrons. The molecule has 4 nitrogen and oxygen atoms in total. The molecule has 2 rings (SSSR count). The predicted molar refractivity (Wildman–Crippen MR) is 52.9 cm³/mol. The largest absolute Gasteiger partial charge is 0.369 e. The van der Waals surface area contributed by atoms with Gasteiger partial charge in [0.1, 0.15) is 6.54 Å². The fourth-order valence-corrected chi connectivity index (χ4v) is 2.15. The Balaban J connectivity index is 2.22. The van der Waals surface area contributed by atoms with Gasteiger partial charge in [-0.2, -0.15) is 5.10 Å². The molecule has 1 fully saturated rings. The molecule has 1 heterocycles. The van der Waals surface area contributed by atoms with Crippen molar-refractivity contribution >= 4 is 5.91 Å². The fourth-order valence-electron chi connectivity index (χ4n) is 2.15. The van der Waals surface area contributed by atoms with Crippen molar-refractivity contribution in [2.45, 2.75) is 31.7 Å². The van der Waals surface area contributed by atoms with Gasteiger partial charge < -0.3 is 5.73 Å². The monoisotopic (exact) mass is 229 g/mol. The van der Waals surface area contributed by atoms with E-state index >= 15 is 0 Å². The molecule has 2 N–H and O–H groups in total. The van der Waals surface area contributed by atoms with Crippen LogP contribution in [0.25, 0.3) is 0 Å². The van der Waals surface area contributed by atoms with E-state index < -0.39 is 24.3 Å². The Hall–Kier alpha value is -1.46. The van der Waals surface area contributed by atoms with Crippen molar-refractivity contribution in [1.82, 2.24) is 9.78 Å². The van der Waals surface area contributed by atoms with E-state index in [4.69, 9.17) is 5.73 Å². The number of aromatic nitrogens is 2. The first-order valence-corrected chi connectivity index (χ1v) is 5.08. The summed E-state index contributed by atoms with van der Waals surface area (Å²) >= 11 is 0. The third-order valence-corrected chi connectivity index (χ3v) is 3.22. The highest BCUT2D eigenvalue weighted by Gasteiger charge is 2.58. The third-order valence-electron chi connectivity index (χ3n) is 3.22. The van der Waals surface area contributed by atoms with E-state index in [9.17, 15) is 13.6 Å². The molecule has 1 aromatic rings. The Morgan fingerprint density at radius 1 is 1.81 bits per heavy atom. The second kappa shape index (κ2) is 3.54. The highest BCUT2D eigenvalue weighted by atomic mass is 19.3. The summed E-state index contributed by atoms with van der Waals surface area (Å²) in [6.07, 6.45) is 1.16. The summed E-state index contributed by atoms with van der Waals surface area (Å²) in [7, 11) is 0. The van der Waals surface area contributed by atoms with E-state index in [2.05, 4.69) is 5.10 Å². The molecule has 0 spiro atoms. The lowest BCUT2D eigenvalue weighted by molar-refractivity contribution is -0.120. The Morgan fingerprint density at radius 3 is 2.88 bits per heavy atom. The first-order chi connectivity index (χ1) is 7.46. The molecule has 1 amide bonds. The van der Waals surface area contributed by atoms with Crippen LogP contribution in [0.15, 0.2) is 12.4 Å². The molecule has 0 bridgehead atoms. The number of nitrogens with two attached hydrogens (primary N) is 1.